The molecule has 2 heterocycles. The molecular weight excluding hydrogens is 322 g/mol. The minimum atomic E-state index is -1.10. The van der Waals surface area contributed by atoms with Crippen molar-refractivity contribution in [3.63, 3.8) is 0 Å². The molecular formula is C19H15NO5. The first-order valence-corrected chi connectivity index (χ1v) is 7.73. The maximum atomic E-state index is 12.4. The highest BCUT2D eigenvalue weighted by Gasteiger charge is 2.39. The van der Waals surface area contributed by atoms with Crippen LogP contribution in [0.2, 0.25) is 0 Å². The predicted octanol–water partition coefficient (Wildman–Crippen LogP) is 2.61. The molecule has 2 unspecified atom stereocenters. The monoisotopic (exact) mass is 337 g/mol. The minimum absolute atomic E-state index is 0.103. The summed E-state index contributed by atoms with van der Waals surface area (Å²) in [6, 6.07) is 10.4. The maximum Gasteiger partial charge on any atom is 0.342 e. The van der Waals surface area contributed by atoms with Gasteiger partial charge in [0.25, 0.3) is 0 Å². The third-order valence-corrected chi connectivity index (χ3v) is 4.39. The summed E-state index contributed by atoms with van der Waals surface area (Å²) in [4.78, 5) is 16.4. The second-order valence-corrected chi connectivity index (χ2v) is 5.75. The number of aliphatic hydroxyl groups excluding tert-OH is 2. The lowest BCUT2D eigenvalue weighted by atomic mass is 9.84. The third-order valence-electron chi connectivity index (χ3n) is 4.39. The number of aromatic nitrogens is 1. The maximum absolute atomic E-state index is 12.4. The van der Waals surface area contributed by atoms with Gasteiger partial charge in [-0.2, -0.15) is 0 Å². The van der Waals surface area contributed by atoms with E-state index in [0.29, 0.717) is 16.7 Å². The van der Waals surface area contributed by atoms with Crippen molar-refractivity contribution in [2.45, 2.75) is 12.2 Å². The number of carbonyl (C=O) groups excluding carboxylic acids is 1. The number of rotatable bonds is 2. The molecule has 2 N–H and O–H groups in total. The zero-order chi connectivity index (χ0) is 17.6. The average molecular weight is 337 g/mol. The van der Waals surface area contributed by atoms with Crippen molar-refractivity contribution >= 4 is 5.97 Å². The second-order valence-electron chi connectivity index (χ2n) is 5.75. The molecule has 4 rings (SSSR count). The molecule has 6 nitrogen and oxygen atoms in total. The first kappa shape index (κ1) is 15.6. The fourth-order valence-electron chi connectivity index (χ4n) is 3.25. The van der Waals surface area contributed by atoms with Crippen LogP contribution in [-0.4, -0.2) is 28.3 Å². The van der Waals surface area contributed by atoms with E-state index in [1.54, 1.807) is 48.8 Å². The number of methoxy groups -OCH3 is 1. The molecule has 2 aromatic heterocycles. The zero-order valence-corrected chi connectivity index (χ0v) is 13.3. The molecule has 1 aliphatic rings. The quantitative estimate of drug-likeness (QED) is 0.698. The highest BCUT2D eigenvalue weighted by Crippen LogP contribution is 2.46. The Morgan fingerprint density at radius 3 is 2.48 bits per heavy atom. The molecule has 0 bridgehead atoms. The molecule has 3 aromatic rings. The number of furan rings is 1. The summed E-state index contributed by atoms with van der Waals surface area (Å²) in [6.45, 7) is 0. The highest BCUT2D eigenvalue weighted by atomic mass is 16.5. The van der Waals surface area contributed by atoms with Gasteiger partial charge in [0.15, 0.2) is 5.76 Å². The largest absolute Gasteiger partial charge is 0.465 e. The van der Waals surface area contributed by atoms with E-state index in [-0.39, 0.29) is 22.6 Å². The molecule has 0 radical (unpaired) electrons. The Balaban J connectivity index is 2.00. The van der Waals surface area contributed by atoms with Crippen LogP contribution in [0.3, 0.4) is 0 Å². The van der Waals surface area contributed by atoms with Crippen LogP contribution < -0.4 is 0 Å². The van der Waals surface area contributed by atoms with Gasteiger partial charge in [0.1, 0.15) is 23.5 Å². The SMILES string of the molecule is COC(=O)c1c(-c2cccnc2)oc2c1C(O)c1ccccc1C2O. The molecule has 0 saturated heterocycles. The van der Waals surface area contributed by atoms with Crippen molar-refractivity contribution in [3.8, 4) is 11.3 Å². The Hall–Kier alpha value is -2.96. The van der Waals surface area contributed by atoms with Gasteiger partial charge in [-0.15, -0.1) is 0 Å². The lowest BCUT2D eigenvalue weighted by Gasteiger charge is -2.25. The summed E-state index contributed by atoms with van der Waals surface area (Å²) in [5.74, 6) is -0.282. The molecule has 126 valence electrons. The van der Waals surface area contributed by atoms with E-state index in [9.17, 15) is 15.0 Å². The van der Waals surface area contributed by atoms with Crippen molar-refractivity contribution < 1.29 is 24.2 Å². The van der Waals surface area contributed by atoms with E-state index in [1.165, 1.54) is 7.11 Å². The molecule has 2 atom stereocenters. The summed E-state index contributed by atoms with van der Waals surface area (Å²) in [5.41, 5.74) is 1.97. The number of carbonyl (C=O) groups is 1. The van der Waals surface area contributed by atoms with Gasteiger partial charge in [0.2, 0.25) is 0 Å². The first-order chi connectivity index (χ1) is 12.1. The highest BCUT2D eigenvalue weighted by molar-refractivity contribution is 5.98. The Morgan fingerprint density at radius 1 is 1.12 bits per heavy atom. The van der Waals surface area contributed by atoms with Crippen LogP contribution in [0.25, 0.3) is 11.3 Å². The average Bonchev–Trinajstić information content (AvgIpc) is 3.07. The molecule has 0 amide bonds. The Kier molecular flexibility index (Phi) is 3.63. The van der Waals surface area contributed by atoms with Crippen LogP contribution in [0.4, 0.5) is 0 Å². The summed E-state index contributed by atoms with van der Waals surface area (Å²) < 4.78 is 10.7. The summed E-state index contributed by atoms with van der Waals surface area (Å²) in [6.07, 6.45) is 0.966. The molecule has 0 aliphatic heterocycles. The first-order valence-electron chi connectivity index (χ1n) is 7.73. The Morgan fingerprint density at radius 2 is 1.84 bits per heavy atom. The van der Waals surface area contributed by atoms with Gasteiger partial charge in [0, 0.05) is 23.5 Å². The number of aliphatic hydroxyl groups is 2. The fourth-order valence-corrected chi connectivity index (χ4v) is 3.25. The van der Waals surface area contributed by atoms with Gasteiger partial charge in [-0.3, -0.25) is 4.98 Å². The van der Waals surface area contributed by atoms with E-state index in [4.69, 9.17) is 9.15 Å². The van der Waals surface area contributed by atoms with E-state index < -0.39 is 18.2 Å². The van der Waals surface area contributed by atoms with Crippen LogP contribution in [0.1, 0.15) is 45.0 Å². The fraction of sp³-hybridized carbons (Fsp3) is 0.158. The lowest BCUT2D eigenvalue weighted by Crippen LogP contribution is -2.19. The van der Waals surface area contributed by atoms with Crippen LogP contribution in [0.15, 0.2) is 53.2 Å². The molecule has 0 fully saturated rings. The number of pyridine rings is 1. The number of esters is 1. The number of hydrogen-bond donors (Lipinski definition) is 2. The Labute approximate surface area is 143 Å². The van der Waals surface area contributed by atoms with Gasteiger partial charge in [-0.25, -0.2) is 4.79 Å². The van der Waals surface area contributed by atoms with Gasteiger partial charge in [0.05, 0.1) is 7.11 Å². The summed E-state index contributed by atoms with van der Waals surface area (Å²) in [5, 5.41) is 21.5. The van der Waals surface area contributed by atoms with E-state index >= 15 is 0 Å². The van der Waals surface area contributed by atoms with Crippen molar-refractivity contribution in [2.24, 2.45) is 0 Å². The minimum Gasteiger partial charge on any atom is -0.465 e. The number of ether oxygens (including phenoxy) is 1. The van der Waals surface area contributed by atoms with Gasteiger partial charge >= 0.3 is 5.97 Å². The topological polar surface area (TPSA) is 92.8 Å². The number of benzene rings is 1. The van der Waals surface area contributed by atoms with Gasteiger partial charge in [-0.05, 0) is 23.3 Å². The number of hydrogen-bond acceptors (Lipinski definition) is 6. The third kappa shape index (κ3) is 2.26. The van der Waals surface area contributed by atoms with Crippen molar-refractivity contribution in [2.75, 3.05) is 7.11 Å². The summed E-state index contributed by atoms with van der Waals surface area (Å²) >= 11 is 0. The van der Waals surface area contributed by atoms with Crippen LogP contribution in [0, 0.1) is 0 Å². The van der Waals surface area contributed by atoms with E-state index in [0.717, 1.165) is 0 Å². The summed E-state index contributed by atoms with van der Waals surface area (Å²) in [7, 11) is 1.26. The van der Waals surface area contributed by atoms with Crippen LogP contribution >= 0.6 is 0 Å². The molecule has 0 saturated carbocycles. The van der Waals surface area contributed by atoms with Crippen molar-refractivity contribution in [3.05, 3.63) is 76.8 Å². The predicted molar refractivity (Wildman–Crippen MR) is 87.8 cm³/mol. The van der Waals surface area contributed by atoms with Crippen molar-refractivity contribution in [1.82, 2.24) is 4.98 Å². The molecule has 6 heteroatoms. The van der Waals surface area contributed by atoms with Crippen LogP contribution in [-0.2, 0) is 4.74 Å². The zero-order valence-electron chi connectivity index (χ0n) is 13.3. The molecule has 25 heavy (non-hydrogen) atoms. The second kappa shape index (κ2) is 5.84. The molecule has 1 aliphatic carbocycles. The smallest absolute Gasteiger partial charge is 0.342 e. The normalized spacial score (nSPS) is 18.4. The van der Waals surface area contributed by atoms with E-state index in [2.05, 4.69) is 4.98 Å². The number of fused-ring (bicyclic) bond motifs is 2. The molecule has 1 aromatic carbocycles. The standard InChI is InChI=1S/C19H15NO5/c1-24-19(23)14-13-15(21)11-6-2-3-7-12(11)16(22)18(13)25-17(14)10-5-4-8-20-9-10/h2-9,15-16,21-22H,1H3. The van der Waals surface area contributed by atoms with Crippen LogP contribution in [0.5, 0.6) is 0 Å². The number of nitrogens with zero attached hydrogens (tertiary/aromatic N) is 1. The molecule has 0 spiro atoms. The van der Waals surface area contributed by atoms with Crippen molar-refractivity contribution in [1.29, 1.82) is 0 Å². The lowest BCUT2D eigenvalue weighted by molar-refractivity contribution is 0.0595. The van der Waals surface area contributed by atoms with E-state index in [1.807, 2.05) is 0 Å². The van der Waals surface area contributed by atoms with Gasteiger partial charge < -0.3 is 19.4 Å². The van der Waals surface area contributed by atoms with Gasteiger partial charge in [-0.1, -0.05) is 24.3 Å². The Bertz CT molecular complexity index is 948.